The van der Waals surface area contributed by atoms with Gasteiger partial charge in [-0.1, -0.05) is 24.6 Å². The molecular formula is C27H32N4O. The Kier molecular flexibility index (Phi) is 6.14. The zero-order valence-corrected chi connectivity index (χ0v) is 18.7. The maximum Gasteiger partial charge on any atom is 0.321 e. The van der Waals surface area contributed by atoms with Crippen LogP contribution in [0.1, 0.15) is 60.3 Å². The lowest BCUT2D eigenvalue weighted by Gasteiger charge is -2.36. The molecule has 5 rings (SSSR count). The molecule has 2 aromatic rings. The van der Waals surface area contributed by atoms with Crippen LogP contribution < -0.4 is 5.32 Å². The van der Waals surface area contributed by atoms with Crippen LogP contribution >= 0.6 is 0 Å². The molecule has 3 aliphatic rings. The average Bonchev–Trinajstić information content (AvgIpc) is 3.01. The molecule has 0 radical (unpaired) electrons. The summed E-state index contributed by atoms with van der Waals surface area (Å²) in [6, 6.07) is 17.1. The number of likely N-dealkylation sites (tertiary alicyclic amines) is 1. The smallest absolute Gasteiger partial charge is 0.321 e. The summed E-state index contributed by atoms with van der Waals surface area (Å²) in [5.41, 5.74) is 5.87. The molecule has 2 fully saturated rings. The minimum absolute atomic E-state index is 0.0498. The fraction of sp³-hybridized carbons (Fsp3) is 0.481. The van der Waals surface area contributed by atoms with E-state index >= 15 is 0 Å². The van der Waals surface area contributed by atoms with E-state index in [1.807, 2.05) is 4.90 Å². The Balaban J connectivity index is 1.16. The Morgan fingerprint density at radius 3 is 2.28 bits per heavy atom. The lowest BCUT2D eigenvalue weighted by molar-refractivity contribution is 0.133. The third-order valence-electron chi connectivity index (χ3n) is 7.68. The molecule has 2 aromatic carbocycles. The van der Waals surface area contributed by atoms with Crippen molar-refractivity contribution < 1.29 is 4.79 Å². The minimum Gasteiger partial charge on any atom is -0.324 e. The number of piperidine rings is 1. The number of benzene rings is 2. The molecule has 0 bridgehead atoms. The van der Waals surface area contributed by atoms with Crippen LogP contribution in [0.15, 0.2) is 42.5 Å². The van der Waals surface area contributed by atoms with Crippen LogP contribution in [0.4, 0.5) is 10.5 Å². The SMILES string of the molecule is N#Cc1ccc(NC(=O)N2CCC(c3ccc4c(c3)CCN(C3CCC3)CC4)CC2)cc1. The third kappa shape index (κ3) is 4.52. The van der Waals surface area contributed by atoms with Gasteiger partial charge in [-0.05, 0) is 85.4 Å². The van der Waals surface area contributed by atoms with E-state index in [0.29, 0.717) is 11.5 Å². The molecule has 166 valence electrons. The molecule has 5 heteroatoms. The number of urea groups is 1. The van der Waals surface area contributed by atoms with Crippen LogP contribution in [-0.2, 0) is 12.8 Å². The number of fused-ring (bicyclic) bond motifs is 1. The predicted octanol–water partition coefficient (Wildman–Crippen LogP) is 4.92. The van der Waals surface area contributed by atoms with E-state index in [-0.39, 0.29) is 6.03 Å². The van der Waals surface area contributed by atoms with Crippen LogP contribution in [-0.4, -0.2) is 48.1 Å². The number of anilines is 1. The van der Waals surface area contributed by atoms with Gasteiger partial charge in [-0.25, -0.2) is 4.79 Å². The second kappa shape index (κ2) is 9.34. The highest BCUT2D eigenvalue weighted by atomic mass is 16.2. The first-order chi connectivity index (χ1) is 15.7. The van der Waals surface area contributed by atoms with Crippen molar-refractivity contribution in [1.82, 2.24) is 9.80 Å². The van der Waals surface area contributed by atoms with Crippen LogP contribution in [0, 0.1) is 11.3 Å². The molecule has 32 heavy (non-hydrogen) atoms. The van der Waals surface area contributed by atoms with Gasteiger partial charge in [-0.2, -0.15) is 5.26 Å². The van der Waals surface area contributed by atoms with Gasteiger partial charge >= 0.3 is 6.03 Å². The number of nitrogens with one attached hydrogen (secondary N) is 1. The van der Waals surface area contributed by atoms with E-state index in [2.05, 4.69) is 34.5 Å². The second-order valence-electron chi connectivity index (χ2n) is 9.53. The van der Waals surface area contributed by atoms with Gasteiger partial charge in [0, 0.05) is 37.9 Å². The van der Waals surface area contributed by atoms with E-state index in [9.17, 15) is 4.79 Å². The molecule has 1 aliphatic carbocycles. The summed E-state index contributed by atoms with van der Waals surface area (Å²) in [7, 11) is 0. The van der Waals surface area contributed by atoms with Gasteiger partial charge in [0.1, 0.15) is 0 Å². The summed E-state index contributed by atoms with van der Waals surface area (Å²) >= 11 is 0. The summed E-state index contributed by atoms with van der Waals surface area (Å²) in [5, 5.41) is 11.9. The molecule has 2 amide bonds. The first-order valence-corrected chi connectivity index (χ1v) is 12.1. The Morgan fingerprint density at radius 2 is 1.62 bits per heavy atom. The van der Waals surface area contributed by atoms with Crippen molar-refractivity contribution in [1.29, 1.82) is 5.26 Å². The summed E-state index contributed by atoms with van der Waals surface area (Å²) in [6.45, 7) is 3.97. The Hall–Kier alpha value is -2.84. The molecule has 0 unspecified atom stereocenters. The van der Waals surface area contributed by atoms with Gasteiger partial charge in [-0.3, -0.25) is 4.90 Å². The fourth-order valence-corrected chi connectivity index (χ4v) is 5.38. The van der Waals surface area contributed by atoms with Crippen LogP contribution in [0.5, 0.6) is 0 Å². The van der Waals surface area contributed by atoms with Gasteiger partial charge in [0.05, 0.1) is 11.6 Å². The highest BCUT2D eigenvalue weighted by Gasteiger charge is 2.28. The molecule has 2 heterocycles. The highest BCUT2D eigenvalue weighted by Crippen LogP contribution is 2.32. The second-order valence-corrected chi connectivity index (χ2v) is 9.53. The van der Waals surface area contributed by atoms with Crippen LogP contribution in [0.2, 0.25) is 0 Å². The Labute approximate surface area is 191 Å². The number of nitriles is 1. The number of carbonyl (C=O) groups is 1. The van der Waals surface area contributed by atoms with Gasteiger partial charge in [-0.15, -0.1) is 0 Å². The molecule has 0 atom stereocenters. The number of amides is 2. The topological polar surface area (TPSA) is 59.4 Å². The summed E-state index contributed by atoms with van der Waals surface area (Å²) in [4.78, 5) is 17.3. The standard InChI is InChI=1S/C27H32N4O/c28-19-20-4-8-25(9-5-20)29-27(32)31-16-11-22(12-17-31)23-7-6-21-10-14-30(26-2-1-3-26)15-13-24(21)18-23/h4-9,18,22,26H,1-3,10-17H2,(H,29,32). The zero-order valence-electron chi connectivity index (χ0n) is 18.7. The molecule has 5 nitrogen and oxygen atoms in total. The number of nitrogens with zero attached hydrogens (tertiary/aromatic N) is 3. The predicted molar refractivity (Wildman–Crippen MR) is 127 cm³/mol. The third-order valence-corrected chi connectivity index (χ3v) is 7.68. The van der Waals surface area contributed by atoms with E-state index in [1.54, 1.807) is 29.8 Å². The molecular weight excluding hydrogens is 396 g/mol. The zero-order chi connectivity index (χ0) is 21.9. The Bertz CT molecular complexity index is 997. The summed E-state index contributed by atoms with van der Waals surface area (Å²) in [6.07, 6.45) is 8.55. The van der Waals surface area contributed by atoms with E-state index < -0.39 is 0 Å². The lowest BCUT2D eigenvalue weighted by atomic mass is 9.87. The average molecular weight is 429 g/mol. The van der Waals surface area contributed by atoms with E-state index in [4.69, 9.17) is 5.26 Å². The normalized spacial score (nSPS) is 20.0. The van der Waals surface area contributed by atoms with Crippen LogP contribution in [0.25, 0.3) is 0 Å². The van der Waals surface area contributed by atoms with E-state index in [1.165, 1.54) is 56.3 Å². The molecule has 1 saturated carbocycles. The van der Waals surface area contributed by atoms with Crippen LogP contribution in [0.3, 0.4) is 0 Å². The number of carbonyl (C=O) groups excluding carboxylic acids is 1. The largest absolute Gasteiger partial charge is 0.324 e. The fourth-order valence-electron chi connectivity index (χ4n) is 5.38. The highest BCUT2D eigenvalue weighted by molar-refractivity contribution is 5.89. The van der Waals surface area contributed by atoms with Crippen molar-refractivity contribution in [3.63, 3.8) is 0 Å². The van der Waals surface area contributed by atoms with E-state index in [0.717, 1.165) is 37.7 Å². The quantitative estimate of drug-likeness (QED) is 0.755. The van der Waals surface area contributed by atoms with Crippen molar-refractivity contribution >= 4 is 11.7 Å². The first-order valence-electron chi connectivity index (χ1n) is 12.1. The van der Waals surface area contributed by atoms with Gasteiger partial charge in [0.25, 0.3) is 0 Å². The summed E-state index contributed by atoms with van der Waals surface area (Å²) in [5.74, 6) is 0.533. The minimum atomic E-state index is -0.0498. The van der Waals surface area contributed by atoms with Crippen molar-refractivity contribution in [3.8, 4) is 6.07 Å². The summed E-state index contributed by atoms with van der Waals surface area (Å²) < 4.78 is 0. The number of rotatable bonds is 3. The molecule has 2 aliphatic heterocycles. The maximum atomic E-state index is 12.7. The van der Waals surface area contributed by atoms with Gasteiger partial charge in [0.15, 0.2) is 0 Å². The van der Waals surface area contributed by atoms with Crippen molar-refractivity contribution in [2.24, 2.45) is 0 Å². The van der Waals surface area contributed by atoms with Crippen molar-refractivity contribution in [2.45, 2.75) is 56.9 Å². The lowest BCUT2D eigenvalue weighted by Crippen LogP contribution is -2.41. The van der Waals surface area contributed by atoms with Crippen molar-refractivity contribution in [2.75, 3.05) is 31.5 Å². The molecule has 0 aromatic heterocycles. The molecule has 1 N–H and O–H groups in total. The Morgan fingerprint density at radius 1 is 0.906 bits per heavy atom. The number of hydrogen-bond acceptors (Lipinski definition) is 3. The molecule has 1 saturated heterocycles. The molecule has 0 spiro atoms. The monoisotopic (exact) mass is 428 g/mol. The first kappa shape index (κ1) is 21.0. The van der Waals surface area contributed by atoms with Gasteiger partial charge < -0.3 is 10.2 Å². The maximum absolute atomic E-state index is 12.7. The van der Waals surface area contributed by atoms with Gasteiger partial charge in [0.2, 0.25) is 0 Å². The van der Waals surface area contributed by atoms with Crippen molar-refractivity contribution in [3.05, 3.63) is 64.7 Å². The number of hydrogen-bond donors (Lipinski definition) is 1.